The molecule has 1 unspecified atom stereocenters. The van der Waals surface area contributed by atoms with Crippen LogP contribution in [0, 0.1) is 13.8 Å². The van der Waals surface area contributed by atoms with Gasteiger partial charge in [0.05, 0.1) is 5.02 Å². The van der Waals surface area contributed by atoms with E-state index in [0.717, 1.165) is 11.1 Å². The molecule has 7 heteroatoms. The molecule has 0 aliphatic rings. The Morgan fingerprint density at radius 2 is 1.56 bits per heavy atom. The van der Waals surface area contributed by atoms with Crippen LogP contribution in [0.2, 0.25) is 5.02 Å². The molecule has 166 valence electrons. The van der Waals surface area contributed by atoms with Crippen molar-refractivity contribution in [3.63, 3.8) is 0 Å². The van der Waals surface area contributed by atoms with Crippen molar-refractivity contribution >= 4 is 34.8 Å². The molecule has 0 bridgehead atoms. The van der Waals surface area contributed by atoms with Crippen LogP contribution in [0.3, 0.4) is 0 Å². The summed E-state index contributed by atoms with van der Waals surface area (Å²) >= 11 is 6.06. The lowest BCUT2D eigenvalue weighted by molar-refractivity contribution is -0.122. The minimum Gasteiger partial charge on any atom is -0.483 e. The molecule has 3 aromatic rings. The van der Waals surface area contributed by atoms with Crippen LogP contribution in [0.15, 0.2) is 66.7 Å². The van der Waals surface area contributed by atoms with Gasteiger partial charge in [-0.05, 0) is 68.8 Å². The molecule has 0 heterocycles. The molecule has 32 heavy (non-hydrogen) atoms. The van der Waals surface area contributed by atoms with Crippen LogP contribution in [-0.4, -0.2) is 24.5 Å². The Morgan fingerprint density at radius 3 is 2.22 bits per heavy atom. The number of halogens is 1. The van der Waals surface area contributed by atoms with Gasteiger partial charge in [0.2, 0.25) is 0 Å². The van der Waals surface area contributed by atoms with Crippen molar-refractivity contribution in [3.8, 4) is 11.5 Å². The van der Waals surface area contributed by atoms with Crippen LogP contribution in [0.4, 0.5) is 11.4 Å². The Kier molecular flexibility index (Phi) is 7.73. The van der Waals surface area contributed by atoms with Gasteiger partial charge in [0.25, 0.3) is 11.8 Å². The summed E-state index contributed by atoms with van der Waals surface area (Å²) in [6.45, 7) is 5.48. The lowest BCUT2D eigenvalue weighted by atomic mass is 10.1. The monoisotopic (exact) mass is 452 g/mol. The van der Waals surface area contributed by atoms with Crippen molar-refractivity contribution in [1.29, 1.82) is 0 Å². The van der Waals surface area contributed by atoms with Crippen molar-refractivity contribution in [2.45, 2.75) is 26.9 Å². The number of benzene rings is 3. The van der Waals surface area contributed by atoms with E-state index in [1.165, 1.54) is 0 Å². The van der Waals surface area contributed by atoms with Crippen molar-refractivity contribution in [3.05, 3.63) is 82.9 Å². The maximum absolute atomic E-state index is 12.4. The molecule has 6 nitrogen and oxygen atoms in total. The number of ether oxygens (including phenoxy) is 2. The van der Waals surface area contributed by atoms with Gasteiger partial charge in [0, 0.05) is 11.4 Å². The molecule has 0 spiro atoms. The van der Waals surface area contributed by atoms with E-state index in [1.54, 1.807) is 55.5 Å². The predicted octanol–water partition coefficient (Wildman–Crippen LogP) is 5.38. The van der Waals surface area contributed by atoms with E-state index in [1.807, 2.05) is 32.0 Å². The van der Waals surface area contributed by atoms with Gasteiger partial charge >= 0.3 is 0 Å². The van der Waals surface area contributed by atoms with Crippen LogP contribution in [-0.2, 0) is 9.59 Å². The maximum Gasteiger partial charge on any atom is 0.265 e. The van der Waals surface area contributed by atoms with Gasteiger partial charge in [0.1, 0.15) is 11.5 Å². The Labute approximate surface area is 192 Å². The summed E-state index contributed by atoms with van der Waals surface area (Å²) in [5.74, 6) is 0.530. The Bertz CT molecular complexity index is 1100. The topological polar surface area (TPSA) is 76.7 Å². The van der Waals surface area contributed by atoms with Gasteiger partial charge in [-0.1, -0.05) is 41.4 Å². The maximum atomic E-state index is 12.4. The second-order valence-corrected chi connectivity index (χ2v) is 7.77. The lowest BCUT2D eigenvalue weighted by Gasteiger charge is -2.16. The standard InChI is InChI=1S/C25H25ClN2O4/c1-16-8-13-22(17(2)14-16)31-15-24(29)27-19-9-11-20(12-10-19)28-25(30)18(3)32-23-7-5-4-6-21(23)26/h4-14,18H,15H2,1-3H3,(H,27,29)(H,28,30). The largest absolute Gasteiger partial charge is 0.483 e. The molecule has 0 aromatic heterocycles. The molecular formula is C25H25ClN2O4. The van der Waals surface area contributed by atoms with E-state index in [0.29, 0.717) is 27.9 Å². The highest BCUT2D eigenvalue weighted by atomic mass is 35.5. The second kappa shape index (κ2) is 10.7. The predicted molar refractivity (Wildman–Crippen MR) is 127 cm³/mol. The van der Waals surface area contributed by atoms with Crippen molar-refractivity contribution < 1.29 is 19.1 Å². The smallest absolute Gasteiger partial charge is 0.265 e. The number of rotatable bonds is 8. The first-order valence-electron chi connectivity index (χ1n) is 10.1. The number of aryl methyl sites for hydroxylation is 2. The number of carbonyl (C=O) groups is 2. The molecule has 0 fully saturated rings. The molecule has 0 aliphatic carbocycles. The summed E-state index contributed by atoms with van der Waals surface area (Å²) < 4.78 is 11.2. The van der Waals surface area contributed by atoms with E-state index >= 15 is 0 Å². The summed E-state index contributed by atoms with van der Waals surface area (Å²) in [6.07, 6.45) is -0.739. The molecule has 0 aliphatic heterocycles. The zero-order valence-corrected chi connectivity index (χ0v) is 18.9. The normalized spacial score (nSPS) is 11.4. The number of carbonyl (C=O) groups excluding carboxylic acids is 2. The Hall–Kier alpha value is -3.51. The van der Waals surface area contributed by atoms with E-state index in [-0.39, 0.29) is 18.4 Å². The number of amides is 2. The van der Waals surface area contributed by atoms with Gasteiger partial charge in [-0.3, -0.25) is 9.59 Å². The summed E-state index contributed by atoms with van der Waals surface area (Å²) in [5.41, 5.74) is 3.29. The highest BCUT2D eigenvalue weighted by molar-refractivity contribution is 6.32. The van der Waals surface area contributed by atoms with Crippen LogP contribution in [0.1, 0.15) is 18.1 Å². The van der Waals surface area contributed by atoms with Crippen LogP contribution in [0.5, 0.6) is 11.5 Å². The van der Waals surface area contributed by atoms with E-state index < -0.39 is 6.10 Å². The molecular weight excluding hydrogens is 428 g/mol. The first kappa shape index (κ1) is 23.2. The first-order chi connectivity index (χ1) is 15.3. The average molecular weight is 453 g/mol. The Balaban J connectivity index is 1.49. The minimum absolute atomic E-state index is 0.0979. The third-order valence-electron chi connectivity index (χ3n) is 4.64. The third kappa shape index (κ3) is 6.49. The molecule has 3 rings (SSSR count). The fourth-order valence-corrected chi connectivity index (χ4v) is 3.15. The molecule has 0 radical (unpaired) electrons. The number of para-hydroxylation sites is 1. The zero-order chi connectivity index (χ0) is 23.1. The first-order valence-corrected chi connectivity index (χ1v) is 10.5. The number of nitrogens with one attached hydrogen (secondary N) is 2. The fourth-order valence-electron chi connectivity index (χ4n) is 2.97. The van der Waals surface area contributed by atoms with Crippen LogP contribution < -0.4 is 20.1 Å². The average Bonchev–Trinajstić information content (AvgIpc) is 2.76. The molecule has 0 saturated carbocycles. The number of hydrogen-bond donors (Lipinski definition) is 2. The fraction of sp³-hybridized carbons (Fsp3) is 0.200. The quantitative estimate of drug-likeness (QED) is 0.481. The Morgan fingerprint density at radius 1 is 0.906 bits per heavy atom. The highest BCUT2D eigenvalue weighted by Crippen LogP contribution is 2.24. The van der Waals surface area contributed by atoms with Crippen molar-refractivity contribution in [2.75, 3.05) is 17.2 Å². The van der Waals surface area contributed by atoms with Gasteiger partial charge in [-0.25, -0.2) is 0 Å². The molecule has 2 amide bonds. The van der Waals surface area contributed by atoms with E-state index in [2.05, 4.69) is 10.6 Å². The summed E-state index contributed by atoms with van der Waals surface area (Å²) in [4.78, 5) is 24.6. The third-order valence-corrected chi connectivity index (χ3v) is 4.95. The van der Waals surface area contributed by atoms with E-state index in [4.69, 9.17) is 21.1 Å². The lowest BCUT2D eigenvalue weighted by Crippen LogP contribution is -2.30. The van der Waals surface area contributed by atoms with Crippen LogP contribution >= 0.6 is 11.6 Å². The van der Waals surface area contributed by atoms with Gasteiger partial charge < -0.3 is 20.1 Å². The number of anilines is 2. The number of hydrogen-bond acceptors (Lipinski definition) is 4. The van der Waals surface area contributed by atoms with Crippen molar-refractivity contribution in [1.82, 2.24) is 0 Å². The summed E-state index contributed by atoms with van der Waals surface area (Å²) in [5, 5.41) is 5.98. The molecule has 0 saturated heterocycles. The molecule has 3 aromatic carbocycles. The second-order valence-electron chi connectivity index (χ2n) is 7.36. The highest BCUT2D eigenvalue weighted by Gasteiger charge is 2.16. The zero-order valence-electron chi connectivity index (χ0n) is 18.1. The van der Waals surface area contributed by atoms with Gasteiger partial charge in [0.15, 0.2) is 12.7 Å². The summed E-state index contributed by atoms with van der Waals surface area (Å²) in [6, 6.07) is 19.5. The SMILES string of the molecule is Cc1ccc(OCC(=O)Nc2ccc(NC(=O)C(C)Oc3ccccc3Cl)cc2)c(C)c1. The minimum atomic E-state index is -0.739. The van der Waals surface area contributed by atoms with E-state index in [9.17, 15) is 9.59 Å². The van der Waals surface area contributed by atoms with Gasteiger partial charge in [-0.2, -0.15) is 0 Å². The van der Waals surface area contributed by atoms with Gasteiger partial charge in [-0.15, -0.1) is 0 Å². The van der Waals surface area contributed by atoms with Crippen LogP contribution in [0.25, 0.3) is 0 Å². The summed E-state index contributed by atoms with van der Waals surface area (Å²) in [7, 11) is 0. The molecule has 1 atom stereocenters. The van der Waals surface area contributed by atoms with Crippen molar-refractivity contribution in [2.24, 2.45) is 0 Å². The molecule has 2 N–H and O–H groups in total.